The summed E-state index contributed by atoms with van der Waals surface area (Å²) < 4.78 is 55.2. The maximum Gasteiger partial charge on any atom is 0.418 e. The molecule has 0 amide bonds. The third kappa shape index (κ3) is 3.33. The van der Waals surface area contributed by atoms with Crippen LogP contribution in [0, 0.1) is 5.82 Å². The second-order valence-corrected chi connectivity index (χ2v) is 6.56. The maximum absolute atomic E-state index is 13.5. The lowest BCUT2D eigenvalue weighted by Gasteiger charge is -2.09. The summed E-state index contributed by atoms with van der Waals surface area (Å²) in [5.41, 5.74) is 0.436. The van der Waals surface area contributed by atoms with E-state index < -0.39 is 17.6 Å². The van der Waals surface area contributed by atoms with E-state index in [1.54, 1.807) is 30.5 Å². The minimum atomic E-state index is -4.55. The first-order valence-electron chi connectivity index (χ1n) is 8.26. The number of halogens is 5. The van der Waals surface area contributed by atoms with E-state index in [2.05, 4.69) is 10.1 Å². The Labute approximate surface area is 162 Å². The fourth-order valence-electron chi connectivity index (χ4n) is 3.08. The first-order valence-corrected chi connectivity index (χ1v) is 8.64. The van der Waals surface area contributed by atoms with Crippen molar-refractivity contribution in [2.75, 3.05) is 0 Å². The molecule has 4 rings (SSSR count). The van der Waals surface area contributed by atoms with Gasteiger partial charge in [-0.15, -0.1) is 0 Å². The molecule has 8 heteroatoms. The van der Waals surface area contributed by atoms with Gasteiger partial charge in [0.15, 0.2) is 0 Å². The number of rotatable bonds is 3. The van der Waals surface area contributed by atoms with Crippen LogP contribution in [0.4, 0.5) is 17.6 Å². The van der Waals surface area contributed by atoms with Crippen LogP contribution in [-0.4, -0.2) is 14.8 Å². The van der Waals surface area contributed by atoms with Gasteiger partial charge in [-0.25, -0.2) is 4.39 Å². The van der Waals surface area contributed by atoms with Crippen molar-refractivity contribution in [3.63, 3.8) is 0 Å². The van der Waals surface area contributed by atoms with Crippen LogP contribution < -0.4 is 0 Å². The molecular formula is C20H12ClF4N3. The molecular weight excluding hydrogens is 394 g/mol. The summed E-state index contributed by atoms with van der Waals surface area (Å²) in [5, 5.41) is 4.71. The van der Waals surface area contributed by atoms with Gasteiger partial charge in [0.25, 0.3) is 0 Å². The standard InChI is InChI=1S/C20H12ClF4N3/c21-16-10-13(22)8-7-12(16)11-28-19(17-6-1-2-9-26-17)14-4-3-5-15(18(14)27-28)20(23,24)25/h1-10H,11H2. The number of pyridine rings is 1. The Morgan fingerprint density at radius 1 is 1.00 bits per heavy atom. The predicted octanol–water partition coefficient (Wildman–Crippen LogP) is 5.96. The Morgan fingerprint density at radius 2 is 1.82 bits per heavy atom. The lowest BCUT2D eigenvalue weighted by Crippen LogP contribution is -2.07. The third-order valence-electron chi connectivity index (χ3n) is 4.32. The number of nitrogens with zero attached hydrogens (tertiary/aromatic N) is 3. The molecule has 0 aliphatic carbocycles. The molecule has 0 radical (unpaired) electrons. The Hall–Kier alpha value is -2.93. The normalized spacial score (nSPS) is 11.9. The summed E-state index contributed by atoms with van der Waals surface area (Å²) in [7, 11) is 0. The smallest absolute Gasteiger partial charge is 0.258 e. The minimum absolute atomic E-state index is 0.0665. The van der Waals surface area contributed by atoms with Crippen molar-refractivity contribution in [2.24, 2.45) is 0 Å². The van der Waals surface area contributed by atoms with Crippen LogP contribution in [0.15, 0.2) is 60.8 Å². The maximum atomic E-state index is 13.5. The molecule has 0 bridgehead atoms. The van der Waals surface area contributed by atoms with E-state index in [0.717, 1.165) is 12.1 Å². The Kier molecular flexibility index (Phi) is 4.55. The fraction of sp³-hybridized carbons (Fsp3) is 0.100. The molecule has 0 aliphatic rings. The molecule has 0 aliphatic heterocycles. The molecule has 3 nitrogen and oxygen atoms in total. The number of hydrogen-bond donors (Lipinski definition) is 0. The molecule has 0 fully saturated rings. The summed E-state index contributed by atoms with van der Waals surface area (Å²) in [6, 6.07) is 12.9. The Morgan fingerprint density at radius 3 is 2.50 bits per heavy atom. The van der Waals surface area contributed by atoms with Gasteiger partial charge in [-0.1, -0.05) is 35.9 Å². The number of hydrogen-bond acceptors (Lipinski definition) is 2. The molecule has 142 valence electrons. The van der Waals surface area contributed by atoms with Crippen molar-refractivity contribution in [3.8, 4) is 11.4 Å². The Bertz CT molecular complexity index is 1150. The average Bonchev–Trinajstić information content (AvgIpc) is 3.01. The molecule has 0 saturated carbocycles. The lowest BCUT2D eigenvalue weighted by atomic mass is 10.1. The highest BCUT2D eigenvalue weighted by molar-refractivity contribution is 6.31. The van der Waals surface area contributed by atoms with Crippen LogP contribution in [0.1, 0.15) is 11.1 Å². The van der Waals surface area contributed by atoms with Gasteiger partial charge in [-0.05, 0) is 35.9 Å². The van der Waals surface area contributed by atoms with Crippen LogP contribution in [0.3, 0.4) is 0 Å². The van der Waals surface area contributed by atoms with Crippen LogP contribution in [0.25, 0.3) is 22.3 Å². The molecule has 0 spiro atoms. The quantitative estimate of drug-likeness (QED) is 0.394. The van der Waals surface area contributed by atoms with Gasteiger partial charge in [0.1, 0.15) is 11.3 Å². The number of benzene rings is 2. The molecule has 28 heavy (non-hydrogen) atoms. The SMILES string of the molecule is Fc1ccc(Cn2nc3c(C(F)(F)F)cccc3c2-c2ccccn2)c(Cl)c1. The van der Waals surface area contributed by atoms with E-state index in [0.29, 0.717) is 22.3 Å². The van der Waals surface area contributed by atoms with Crippen molar-refractivity contribution in [2.45, 2.75) is 12.7 Å². The number of alkyl halides is 3. The molecule has 2 heterocycles. The van der Waals surface area contributed by atoms with Crippen molar-refractivity contribution in [3.05, 3.63) is 82.8 Å². The third-order valence-corrected chi connectivity index (χ3v) is 4.67. The van der Waals surface area contributed by atoms with Gasteiger partial charge in [-0.2, -0.15) is 18.3 Å². The van der Waals surface area contributed by atoms with Gasteiger partial charge in [0.2, 0.25) is 0 Å². The first kappa shape index (κ1) is 18.4. The molecule has 0 N–H and O–H groups in total. The lowest BCUT2D eigenvalue weighted by molar-refractivity contribution is -0.136. The summed E-state index contributed by atoms with van der Waals surface area (Å²) >= 11 is 6.10. The minimum Gasteiger partial charge on any atom is -0.258 e. The van der Waals surface area contributed by atoms with E-state index in [-0.39, 0.29) is 17.1 Å². The largest absolute Gasteiger partial charge is 0.418 e. The van der Waals surface area contributed by atoms with Crippen LogP contribution in [0.2, 0.25) is 5.02 Å². The zero-order chi connectivity index (χ0) is 19.9. The summed E-state index contributed by atoms with van der Waals surface area (Å²) in [6.07, 6.45) is -3.00. The Balaban J connectivity index is 1.96. The molecule has 0 unspecified atom stereocenters. The van der Waals surface area contributed by atoms with Gasteiger partial charge < -0.3 is 0 Å². The predicted molar refractivity (Wildman–Crippen MR) is 98.5 cm³/mol. The zero-order valence-corrected chi connectivity index (χ0v) is 15.0. The van der Waals surface area contributed by atoms with Crippen molar-refractivity contribution in [1.29, 1.82) is 0 Å². The highest BCUT2D eigenvalue weighted by atomic mass is 35.5. The van der Waals surface area contributed by atoms with Gasteiger partial charge >= 0.3 is 6.18 Å². The van der Waals surface area contributed by atoms with E-state index >= 15 is 0 Å². The van der Waals surface area contributed by atoms with Crippen LogP contribution in [0.5, 0.6) is 0 Å². The molecule has 0 atom stereocenters. The second kappa shape index (κ2) is 6.91. The number of fused-ring (bicyclic) bond motifs is 1. The first-order chi connectivity index (χ1) is 13.3. The van der Waals surface area contributed by atoms with Crippen LogP contribution >= 0.6 is 11.6 Å². The summed E-state index contributed by atoms with van der Waals surface area (Å²) in [4.78, 5) is 4.27. The van der Waals surface area contributed by atoms with E-state index in [1.165, 1.54) is 22.9 Å². The topological polar surface area (TPSA) is 30.7 Å². The summed E-state index contributed by atoms with van der Waals surface area (Å²) in [6.45, 7) is 0.0665. The highest BCUT2D eigenvalue weighted by Crippen LogP contribution is 2.37. The number of aromatic nitrogens is 3. The van der Waals surface area contributed by atoms with Gasteiger partial charge in [0.05, 0.1) is 23.5 Å². The average molecular weight is 406 g/mol. The van der Waals surface area contributed by atoms with E-state index in [1.807, 2.05) is 0 Å². The molecule has 4 aromatic rings. The zero-order valence-electron chi connectivity index (χ0n) is 14.2. The monoisotopic (exact) mass is 405 g/mol. The highest BCUT2D eigenvalue weighted by Gasteiger charge is 2.34. The van der Waals surface area contributed by atoms with Gasteiger partial charge in [-0.3, -0.25) is 9.67 Å². The molecule has 0 saturated heterocycles. The van der Waals surface area contributed by atoms with Gasteiger partial charge in [0, 0.05) is 16.6 Å². The fourth-order valence-corrected chi connectivity index (χ4v) is 3.31. The van der Waals surface area contributed by atoms with E-state index in [4.69, 9.17) is 11.6 Å². The second-order valence-electron chi connectivity index (χ2n) is 6.16. The van der Waals surface area contributed by atoms with E-state index in [9.17, 15) is 17.6 Å². The van der Waals surface area contributed by atoms with Crippen molar-refractivity contribution >= 4 is 22.5 Å². The van der Waals surface area contributed by atoms with Crippen molar-refractivity contribution < 1.29 is 17.6 Å². The summed E-state index contributed by atoms with van der Waals surface area (Å²) in [5.74, 6) is -0.497. The molecule has 2 aromatic carbocycles. The van der Waals surface area contributed by atoms with Crippen molar-refractivity contribution in [1.82, 2.24) is 14.8 Å². The molecule has 2 aromatic heterocycles. The van der Waals surface area contributed by atoms with Crippen LogP contribution in [-0.2, 0) is 12.7 Å².